The standard InChI is InChI=1S/C14H12ClN3OS/c1-2-18-10-5-6-20-12(10)7-11(18)14(19)17-13-4-3-9(15)8-16-13/h3-8H,2H2,1H3,(H,16,17,19). The van der Waals surface area contributed by atoms with Crippen LogP contribution < -0.4 is 5.32 Å². The van der Waals surface area contributed by atoms with Gasteiger partial charge in [0.15, 0.2) is 0 Å². The zero-order valence-electron chi connectivity index (χ0n) is 10.8. The van der Waals surface area contributed by atoms with E-state index in [1.807, 2.05) is 29.0 Å². The van der Waals surface area contributed by atoms with Crippen LogP contribution in [0.15, 0.2) is 35.8 Å². The molecule has 0 radical (unpaired) electrons. The monoisotopic (exact) mass is 305 g/mol. The van der Waals surface area contributed by atoms with E-state index in [-0.39, 0.29) is 5.91 Å². The van der Waals surface area contributed by atoms with Crippen molar-refractivity contribution in [1.82, 2.24) is 9.55 Å². The van der Waals surface area contributed by atoms with Crippen molar-refractivity contribution in [2.75, 3.05) is 5.32 Å². The Morgan fingerprint density at radius 1 is 1.45 bits per heavy atom. The number of fused-ring (bicyclic) bond motifs is 1. The van der Waals surface area contributed by atoms with Crippen LogP contribution in [0.3, 0.4) is 0 Å². The van der Waals surface area contributed by atoms with Gasteiger partial charge < -0.3 is 9.88 Å². The largest absolute Gasteiger partial charge is 0.336 e. The van der Waals surface area contributed by atoms with Crippen LogP contribution in [0.1, 0.15) is 17.4 Å². The molecule has 20 heavy (non-hydrogen) atoms. The third kappa shape index (κ3) is 2.30. The summed E-state index contributed by atoms with van der Waals surface area (Å²) < 4.78 is 3.11. The minimum absolute atomic E-state index is 0.162. The predicted octanol–water partition coefficient (Wildman–Crippen LogP) is 4.02. The highest BCUT2D eigenvalue weighted by Crippen LogP contribution is 2.25. The lowest BCUT2D eigenvalue weighted by Crippen LogP contribution is -2.17. The Labute approximate surface area is 125 Å². The van der Waals surface area contributed by atoms with Crippen molar-refractivity contribution in [1.29, 1.82) is 0 Å². The maximum Gasteiger partial charge on any atom is 0.273 e. The van der Waals surface area contributed by atoms with Crippen LogP contribution >= 0.6 is 22.9 Å². The van der Waals surface area contributed by atoms with Crippen LogP contribution in [-0.2, 0) is 6.54 Å². The molecule has 0 saturated carbocycles. The van der Waals surface area contributed by atoms with Crippen molar-refractivity contribution in [2.24, 2.45) is 0 Å². The van der Waals surface area contributed by atoms with Gasteiger partial charge in [0.2, 0.25) is 0 Å². The van der Waals surface area contributed by atoms with Gasteiger partial charge in [0.05, 0.1) is 15.2 Å². The number of carbonyl (C=O) groups excluding carboxylic acids is 1. The summed E-state index contributed by atoms with van der Waals surface area (Å²) >= 11 is 7.40. The number of aryl methyl sites for hydroxylation is 1. The first-order chi connectivity index (χ1) is 9.69. The summed E-state index contributed by atoms with van der Waals surface area (Å²) in [6.45, 7) is 2.77. The van der Waals surface area contributed by atoms with E-state index < -0.39 is 0 Å². The molecular weight excluding hydrogens is 294 g/mol. The van der Waals surface area contributed by atoms with Gasteiger partial charge in [0, 0.05) is 12.7 Å². The Balaban J connectivity index is 1.92. The Hall–Kier alpha value is -1.85. The molecule has 0 saturated heterocycles. The first kappa shape index (κ1) is 13.1. The van der Waals surface area contributed by atoms with Crippen molar-refractivity contribution in [2.45, 2.75) is 13.5 Å². The number of rotatable bonds is 3. The third-order valence-electron chi connectivity index (χ3n) is 3.04. The van der Waals surface area contributed by atoms with Gasteiger partial charge in [0.1, 0.15) is 11.5 Å². The third-order valence-corrected chi connectivity index (χ3v) is 4.12. The molecule has 0 atom stereocenters. The molecule has 3 aromatic rings. The average molecular weight is 306 g/mol. The molecule has 0 aliphatic heterocycles. The van der Waals surface area contributed by atoms with Gasteiger partial charge in [-0.3, -0.25) is 4.79 Å². The van der Waals surface area contributed by atoms with Crippen LogP contribution in [-0.4, -0.2) is 15.5 Å². The van der Waals surface area contributed by atoms with Gasteiger partial charge in [0.25, 0.3) is 5.91 Å². The van der Waals surface area contributed by atoms with Crippen molar-refractivity contribution in [3.63, 3.8) is 0 Å². The van der Waals surface area contributed by atoms with E-state index >= 15 is 0 Å². The van der Waals surface area contributed by atoms with Crippen LogP contribution in [0.5, 0.6) is 0 Å². The summed E-state index contributed by atoms with van der Waals surface area (Å²) in [5.41, 5.74) is 1.73. The number of anilines is 1. The number of hydrogen-bond acceptors (Lipinski definition) is 3. The van der Waals surface area contributed by atoms with Crippen LogP contribution in [0.4, 0.5) is 5.82 Å². The molecule has 0 aliphatic rings. The fourth-order valence-electron chi connectivity index (χ4n) is 2.14. The van der Waals surface area contributed by atoms with Gasteiger partial charge in [-0.15, -0.1) is 11.3 Å². The minimum Gasteiger partial charge on any atom is -0.336 e. The number of thiophene rings is 1. The van der Waals surface area contributed by atoms with Gasteiger partial charge in [-0.25, -0.2) is 4.98 Å². The van der Waals surface area contributed by atoms with E-state index in [0.29, 0.717) is 16.5 Å². The molecule has 0 unspecified atom stereocenters. The van der Waals surface area contributed by atoms with Crippen molar-refractivity contribution in [3.8, 4) is 0 Å². The van der Waals surface area contributed by atoms with Crippen LogP contribution in [0.25, 0.3) is 10.2 Å². The fraction of sp³-hybridized carbons (Fsp3) is 0.143. The summed E-state index contributed by atoms with van der Waals surface area (Å²) in [6, 6.07) is 7.32. The van der Waals surface area contributed by atoms with Gasteiger partial charge >= 0.3 is 0 Å². The fourth-order valence-corrected chi connectivity index (χ4v) is 3.07. The quantitative estimate of drug-likeness (QED) is 0.794. The zero-order chi connectivity index (χ0) is 14.1. The van der Waals surface area contributed by atoms with Crippen molar-refractivity contribution < 1.29 is 4.79 Å². The lowest BCUT2D eigenvalue weighted by Gasteiger charge is -2.08. The Bertz CT molecular complexity index is 760. The lowest BCUT2D eigenvalue weighted by atomic mass is 10.4. The molecule has 0 aliphatic carbocycles. The van der Waals surface area contributed by atoms with Gasteiger partial charge in [-0.05, 0) is 36.6 Å². The second-order valence-corrected chi connectivity index (χ2v) is 5.64. The number of carbonyl (C=O) groups is 1. The maximum atomic E-state index is 12.3. The van der Waals surface area contributed by atoms with E-state index in [4.69, 9.17) is 11.6 Å². The molecule has 3 aromatic heterocycles. The van der Waals surface area contributed by atoms with E-state index in [1.54, 1.807) is 23.5 Å². The second kappa shape index (κ2) is 5.26. The summed E-state index contributed by atoms with van der Waals surface area (Å²) in [4.78, 5) is 16.4. The van der Waals surface area contributed by atoms with Gasteiger partial charge in [-0.1, -0.05) is 11.6 Å². The summed E-state index contributed by atoms with van der Waals surface area (Å²) in [7, 11) is 0. The summed E-state index contributed by atoms with van der Waals surface area (Å²) in [5, 5.41) is 5.36. The summed E-state index contributed by atoms with van der Waals surface area (Å²) in [6.07, 6.45) is 1.51. The molecule has 4 nitrogen and oxygen atoms in total. The molecule has 0 bridgehead atoms. The van der Waals surface area contributed by atoms with E-state index in [0.717, 1.165) is 16.8 Å². The highest BCUT2D eigenvalue weighted by Gasteiger charge is 2.15. The molecule has 6 heteroatoms. The molecule has 3 rings (SSSR count). The summed E-state index contributed by atoms with van der Waals surface area (Å²) in [5.74, 6) is 0.330. The molecular formula is C14H12ClN3OS. The number of nitrogens with zero attached hydrogens (tertiary/aromatic N) is 2. The van der Waals surface area contributed by atoms with Crippen molar-refractivity contribution in [3.05, 3.63) is 46.6 Å². The number of halogens is 1. The normalized spacial score (nSPS) is 10.9. The van der Waals surface area contributed by atoms with Crippen LogP contribution in [0, 0.1) is 0 Å². The van der Waals surface area contributed by atoms with E-state index in [9.17, 15) is 4.79 Å². The number of nitrogens with one attached hydrogen (secondary N) is 1. The van der Waals surface area contributed by atoms with Crippen molar-refractivity contribution >= 4 is 44.9 Å². The highest BCUT2D eigenvalue weighted by molar-refractivity contribution is 7.17. The van der Waals surface area contributed by atoms with Crippen LogP contribution in [0.2, 0.25) is 5.02 Å². The topological polar surface area (TPSA) is 46.9 Å². The number of pyridine rings is 1. The average Bonchev–Trinajstić information content (AvgIpc) is 3.01. The first-order valence-electron chi connectivity index (χ1n) is 6.18. The number of aromatic nitrogens is 2. The molecule has 0 fully saturated rings. The Morgan fingerprint density at radius 3 is 3.00 bits per heavy atom. The van der Waals surface area contributed by atoms with Gasteiger partial charge in [-0.2, -0.15) is 0 Å². The first-order valence-corrected chi connectivity index (χ1v) is 7.44. The molecule has 1 amide bonds. The van der Waals surface area contributed by atoms with E-state index in [1.165, 1.54) is 6.20 Å². The zero-order valence-corrected chi connectivity index (χ0v) is 12.3. The molecule has 1 N–H and O–H groups in total. The number of hydrogen-bond donors (Lipinski definition) is 1. The predicted molar refractivity (Wildman–Crippen MR) is 82.7 cm³/mol. The SMILES string of the molecule is CCn1c(C(=O)Nc2ccc(Cl)cn2)cc2sccc21. The van der Waals surface area contributed by atoms with E-state index in [2.05, 4.69) is 10.3 Å². The Morgan fingerprint density at radius 2 is 2.30 bits per heavy atom. The molecule has 3 heterocycles. The Kier molecular flexibility index (Phi) is 3.46. The molecule has 0 aromatic carbocycles. The second-order valence-electron chi connectivity index (χ2n) is 4.26. The highest BCUT2D eigenvalue weighted by atomic mass is 35.5. The minimum atomic E-state index is -0.162. The smallest absolute Gasteiger partial charge is 0.273 e. The maximum absolute atomic E-state index is 12.3. The number of amides is 1. The molecule has 102 valence electrons. The molecule has 0 spiro atoms. The lowest BCUT2D eigenvalue weighted by molar-refractivity contribution is 0.101.